The molecule has 0 atom stereocenters. The van der Waals surface area contributed by atoms with Gasteiger partial charge in [0.1, 0.15) is 6.54 Å². The number of carbonyl (C=O) groups is 1. The number of rotatable bonds is 6. The van der Waals surface area contributed by atoms with Gasteiger partial charge in [0.25, 0.3) is 0 Å². The van der Waals surface area contributed by atoms with Crippen LogP contribution in [0.2, 0.25) is 0 Å². The summed E-state index contributed by atoms with van der Waals surface area (Å²) in [6, 6.07) is 0. The molecular weight excluding hydrogens is 232 g/mol. The number of amides is 1. The van der Waals surface area contributed by atoms with Crippen LogP contribution < -0.4 is 11.1 Å². The van der Waals surface area contributed by atoms with Crippen LogP contribution in [-0.4, -0.2) is 31.8 Å². The number of nitrogens with two attached hydrogens (primary N) is 1. The first kappa shape index (κ1) is 12.2. The molecule has 0 saturated carbocycles. The lowest BCUT2D eigenvalue weighted by atomic mass is 10.4. The molecule has 0 radical (unpaired) electrons. The zero-order valence-corrected chi connectivity index (χ0v) is 9.99. The summed E-state index contributed by atoms with van der Waals surface area (Å²) in [5.74, 6) is -0.0660. The van der Waals surface area contributed by atoms with Crippen molar-refractivity contribution < 1.29 is 4.79 Å². The minimum Gasteiger partial charge on any atom is -0.396 e. The third-order valence-corrected chi connectivity index (χ3v) is 2.43. The highest BCUT2D eigenvalue weighted by molar-refractivity contribution is 5.75. The van der Waals surface area contributed by atoms with E-state index in [0.29, 0.717) is 12.2 Å². The van der Waals surface area contributed by atoms with Crippen molar-refractivity contribution in [2.45, 2.75) is 19.5 Å². The van der Waals surface area contributed by atoms with E-state index in [1.807, 2.05) is 10.8 Å². The summed E-state index contributed by atoms with van der Waals surface area (Å²) in [5, 5.41) is 6.77. The van der Waals surface area contributed by atoms with Crippen LogP contribution in [-0.2, 0) is 17.9 Å². The van der Waals surface area contributed by atoms with Gasteiger partial charge in [0.05, 0.1) is 18.2 Å². The summed E-state index contributed by atoms with van der Waals surface area (Å²) in [4.78, 5) is 15.5. The summed E-state index contributed by atoms with van der Waals surface area (Å²) in [6.07, 6.45) is 9.41. The molecule has 2 aromatic rings. The van der Waals surface area contributed by atoms with Crippen molar-refractivity contribution in [3.8, 4) is 0 Å². The number of imidazole rings is 1. The van der Waals surface area contributed by atoms with E-state index < -0.39 is 0 Å². The van der Waals surface area contributed by atoms with Gasteiger partial charge in [-0.3, -0.25) is 9.48 Å². The van der Waals surface area contributed by atoms with Crippen LogP contribution in [0.5, 0.6) is 0 Å². The van der Waals surface area contributed by atoms with Crippen LogP contribution in [0.25, 0.3) is 0 Å². The quantitative estimate of drug-likeness (QED) is 0.697. The Balaban J connectivity index is 1.63. The highest BCUT2D eigenvalue weighted by atomic mass is 16.2. The number of nitrogens with one attached hydrogen (secondary N) is 1. The zero-order valence-electron chi connectivity index (χ0n) is 9.99. The molecule has 18 heavy (non-hydrogen) atoms. The van der Waals surface area contributed by atoms with Crippen LogP contribution in [0.3, 0.4) is 0 Å². The number of hydrogen-bond donors (Lipinski definition) is 2. The van der Waals surface area contributed by atoms with Gasteiger partial charge in [-0.15, -0.1) is 0 Å². The molecular formula is C11H16N6O. The van der Waals surface area contributed by atoms with E-state index in [4.69, 9.17) is 5.73 Å². The summed E-state index contributed by atoms with van der Waals surface area (Å²) in [7, 11) is 0. The molecule has 2 heterocycles. The normalized spacial score (nSPS) is 10.4. The van der Waals surface area contributed by atoms with E-state index in [1.165, 1.54) is 10.9 Å². The predicted octanol–water partition coefficient (Wildman–Crippen LogP) is -0.132. The molecule has 7 nitrogen and oxygen atoms in total. The molecule has 0 aliphatic carbocycles. The first-order valence-corrected chi connectivity index (χ1v) is 5.74. The van der Waals surface area contributed by atoms with Crippen LogP contribution in [0, 0.1) is 0 Å². The molecule has 1 amide bonds. The lowest BCUT2D eigenvalue weighted by Gasteiger charge is -2.05. The summed E-state index contributed by atoms with van der Waals surface area (Å²) < 4.78 is 3.49. The average Bonchev–Trinajstić information content (AvgIpc) is 2.96. The molecule has 0 unspecified atom stereocenters. The van der Waals surface area contributed by atoms with Crippen molar-refractivity contribution in [1.82, 2.24) is 24.6 Å². The van der Waals surface area contributed by atoms with Gasteiger partial charge in [0.15, 0.2) is 0 Å². The molecule has 0 aliphatic rings. The fraction of sp³-hybridized carbons (Fsp3) is 0.364. The zero-order chi connectivity index (χ0) is 12.8. The van der Waals surface area contributed by atoms with Gasteiger partial charge in [-0.25, -0.2) is 4.98 Å². The maximum atomic E-state index is 11.6. The largest absolute Gasteiger partial charge is 0.396 e. The van der Waals surface area contributed by atoms with E-state index in [9.17, 15) is 4.79 Å². The Morgan fingerprint density at radius 2 is 2.39 bits per heavy atom. The average molecular weight is 248 g/mol. The maximum Gasteiger partial charge on any atom is 0.241 e. The van der Waals surface area contributed by atoms with Crippen molar-refractivity contribution in [3.05, 3.63) is 31.1 Å². The number of anilines is 1. The molecule has 0 aliphatic heterocycles. The molecule has 3 N–H and O–H groups in total. The number of nitrogen functional groups attached to an aromatic ring is 1. The van der Waals surface area contributed by atoms with Crippen molar-refractivity contribution >= 4 is 11.6 Å². The lowest BCUT2D eigenvalue weighted by molar-refractivity contribution is -0.121. The van der Waals surface area contributed by atoms with Crippen LogP contribution in [0.15, 0.2) is 31.1 Å². The Labute approximate surface area is 105 Å². The monoisotopic (exact) mass is 248 g/mol. The maximum absolute atomic E-state index is 11.6. The van der Waals surface area contributed by atoms with Crippen molar-refractivity contribution in [2.75, 3.05) is 12.3 Å². The van der Waals surface area contributed by atoms with Gasteiger partial charge < -0.3 is 15.6 Å². The minimum atomic E-state index is -0.0660. The van der Waals surface area contributed by atoms with Crippen molar-refractivity contribution in [3.63, 3.8) is 0 Å². The van der Waals surface area contributed by atoms with Crippen LogP contribution in [0.4, 0.5) is 5.69 Å². The molecule has 0 spiro atoms. The summed E-state index contributed by atoms with van der Waals surface area (Å²) in [5.41, 5.74) is 6.06. The van der Waals surface area contributed by atoms with Gasteiger partial charge in [-0.2, -0.15) is 5.10 Å². The molecule has 2 aromatic heterocycles. The second-order valence-electron chi connectivity index (χ2n) is 3.98. The standard InChI is InChI=1S/C11H16N6O/c12-10-6-15-17(7-10)8-11(18)14-2-1-4-16-5-3-13-9-16/h3,5-7,9H,1-2,4,8,12H2,(H,14,18). The minimum absolute atomic E-state index is 0.0660. The predicted molar refractivity (Wildman–Crippen MR) is 66.5 cm³/mol. The number of nitrogens with zero attached hydrogens (tertiary/aromatic N) is 4. The Morgan fingerprint density at radius 3 is 3.06 bits per heavy atom. The fourth-order valence-electron chi connectivity index (χ4n) is 1.58. The van der Waals surface area contributed by atoms with E-state index in [-0.39, 0.29) is 12.5 Å². The van der Waals surface area contributed by atoms with Crippen molar-refractivity contribution in [2.24, 2.45) is 0 Å². The second kappa shape index (κ2) is 5.85. The Hall–Kier alpha value is -2.31. The highest BCUT2D eigenvalue weighted by Crippen LogP contribution is 1.97. The third-order valence-electron chi connectivity index (χ3n) is 2.43. The van der Waals surface area contributed by atoms with Gasteiger partial charge in [-0.05, 0) is 6.42 Å². The molecule has 0 bridgehead atoms. The van der Waals surface area contributed by atoms with Crippen LogP contribution in [0.1, 0.15) is 6.42 Å². The van der Waals surface area contributed by atoms with Gasteiger partial charge >= 0.3 is 0 Å². The lowest BCUT2D eigenvalue weighted by Crippen LogP contribution is -2.29. The summed E-state index contributed by atoms with van der Waals surface area (Å²) >= 11 is 0. The third kappa shape index (κ3) is 3.62. The molecule has 2 rings (SSSR count). The number of aromatic nitrogens is 4. The van der Waals surface area contributed by atoms with Crippen molar-refractivity contribution in [1.29, 1.82) is 0 Å². The fourth-order valence-corrected chi connectivity index (χ4v) is 1.58. The summed E-state index contributed by atoms with van der Waals surface area (Å²) in [6.45, 7) is 1.67. The first-order chi connectivity index (χ1) is 8.74. The second-order valence-corrected chi connectivity index (χ2v) is 3.98. The Bertz CT molecular complexity index is 489. The Morgan fingerprint density at radius 1 is 1.50 bits per heavy atom. The molecule has 0 aromatic carbocycles. The van der Waals surface area contributed by atoms with Gasteiger partial charge in [0.2, 0.25) is 5.91 Å². The van der Waals surface area contributed by atoms with E-state index >= 15 is 0 Å². The first-order valence-electron chi connectivity index (χ1n) is 5.74. The van der Waals surface area contributed by atoms with Crippen LogP contribution >= 0.6 is 0 Å². The molecule has 0 saturated heterocycles. The SMILES string of the molecule is Nc1cnn(CC(=O)NCCCn2ccnc2)c1. The van der Waals surface area contributed by atoms with E-state index in [2.05, 4.69) is 15.4 Å². The van der Waals surface area contributed by atoms with Gasteiger partial charge in [0, 0.05) is 31.7 Å². The molecule has 0 fully saturated rings. The van der Waals surface area contributed by atoms with E-state index in [1.54, 1.807) is 18.7 Å². The topological polar surface area (TPSA) is 90.8 Å². The smallest absolute Gasteiger partial charge is 0.241 e. The van der Waals surface area contributed by atoms with E-state index in [0.717, 1.165) is 13.0 Å². The number of aryl methyl sites for hydroxylation is 1. The number of hydrogen-bond acceptors (Lipinski definition) is 4. The Kier molecular flexibility index (Phi) is 3.95. The van der Waals surface area contributed by atoms with Gasteiger partial charge in [-0.1, -0.05) is 0 Å². The molecule has 7 heteroatoms. The number of carbonyl (C=O) groups excluding carboxylic acids is 1. The highest BCUT2D eigenvalue weighted by Gasteiger charge is 2.02. The molecule has 96 valence electrons.